The van der Waals surface area contributed by atoms with Crippen molar-refractivity contribution in [3.05, 3.63) is 69.7 Å². The van der Waals surface area contributed by atoms with E-state index in [-0.39, 0.29) is 28.3 Å². The number of hydrogen-bond donors (Lipinski definition) is 1. The van der Waals surface area contributed by atoms with Crippen LogP contribution in [-0.4, -0.2) is 34.4 Å². The molecule has 32 heavy (non-hydrogen) atoms. The maximum atomic E-state index is 14.6. The second kappa shape index (κ2) is 8.43. The molecule has 1 saturated heterocycles. The first-order valence-corrected chi connectivity index (χ1v) is 9.95. The molecule has 2 atom stereocenters. The van der Waals surface area contributed by atoms with Gasteiger partial charge in [0.15, 0.2) is 0 Å². The number of fused-ring (bicyclic) bond motifs is 1. The number of nitrogens with one attached hydrogen (secondary N) is 1. The van der Waals surface area contributed by atoms with E-state index in [0.717, 1.165) is 17.0 Å². The molecule has 0 saturated carbocycles. The van der Waals surface area contributed by atoms with E-state index >= 15 is 0 Å². The number of carbonyl (C=O) groups excluding carboxylic acids is 4. The first-order valence-electron chi connectivity index (χ1n) is 11.6. The quantitative estimate of drug-likeness (QED) is 0.664. The van der Waals surface area contributed by atoms with E-state index < -0.39 is 66.6 Å². The van der Waals surface area contributed by atoms with Gasteiger partial charge in [0.05, 0.1) is 1.37 Å². The molecule has 1 N–H and O–H groups in total. The predicted molar refractivity (Wildman–Crippen MR) is 111 cm³/mol. The van der Waals surface area contributed by atoms with Crippen LogP contribution in [0.15, 0.2) is 42.5 Å². The van der Waals surface area contributed by atoms with Crippen molar-refractivity contribution in [1.29, 1.82) is 0 Å². The van der Waals surface area contributed by atoms with E-state index in [2.05, 4.69) is 0 Å². The number of alkyl halides is 2. The Bertz CT molecular complexity index is 1290. The summed E-state index contributed by atoms with van der Waals surface area (Å²) in [5.41, 5.74) is -0.0189. The van der Waals surface area contributed by atoms with Crippen LogP contribution in [0.4, 0.5) is 8.78 Å². The summed E-state index contributed by atoms with van der Waals surface area (Å²) < 4.78 is 61.5. The summed E-state index contributed by atoms with van der Waals surface area (Å²) in [7, 11) is 0. The van der Waals surface area contributed by atoms with E-state index in [1.165, 1.54) is 30.3 Å². The second-order valence-electron chi connectivity index (χ2n) is 7.30. The van der Waals surface area contributed by atoms with Crippen molar-refractivity contribution in [3.8, 4) is 0 Å². The van der Waals surface area contributed by atoms with Gasteiger partial charge in [0.25, 0.3) is 5.91 Å². The lowest BCUT2D eigenvalue weighted by atomic mass is 9.97. The van der Waals surface area contributed by atoms with Crippen LogP contribution in [0.3, 0.4) is 0 Å². The summed E-state index contributed by atoms with van der Waals surface area (Å²) in [6.07, 6.45) is -5.64. The highest BCUT2D eigenvalue weighted by molar-refractivity contribution is 6.30. The van der Waals surface area contributed by atoms with Crippen LogP contribution < -0.4 is 5.32 Å². The lowest BCUT2D eigenvalue weighted by Crippen LogP contribution is -2.52. The fourth-order valence-electron chi connectivity index (χ4n) is 3.53. The molecule has 3 amide bonds. The van der Waals surface area contributed by atoms with Crippen molar-refractivity contribution in [2.75, 3.05) is 0 Å². The average Bonchev–Trinajstić information content (AvgIpc) is 3.14. The van der Waals surface area contributed by atoms with Gasteiger partial charge in [-0.05, 0) is 42.1 Å². The Morgan fingerprint density at radius 3 is 2.69 bits per heavy atom. The predicted octanol–water partition coefficient (Wildman–Crippen LogP) is 3.39. The zero-order valence-corrected chi connectivity index (χ0v) is 17.2. The largest absolute Gasteiger partial charge is 0.330 e. The number of benzene rings is 2. The number of halogens is 3. The lowest BCUT2D eigenvalue weighted by molar-refractivity contribution is -0.144. The number of imide groups is 1. The van der Waals surface area contributed by atoms with Gasteiger partial charge in [0.2, 0.25) is 17.6 Å². The SMILES string of the molecule is [2H]C(CC(=O)C(F)(F)c1ccc(Cl)cc1)c1ccc2c(c1)CN([C@@]1([2H])CC([2H])([2H])C(=O)NC1=O)C2=O. The molecular formula is C23H19ClF2N2O4. The number of hydrogen-bond acceptors (Lipinski definition) is 4. The molecule has 2 aromatic rings. The van der Waals surface area contributed by atoms with Crippen molar-refractivity contribution in [3.63, 3.8) is 0 Å². The molecule has 2 heterocycles. The highest BCUT2D eigenvalue weighted by atomic mass is 35.5. The van der Waals surface area contributed by atoms with Gasteiger partial charge in [-0.25, -0.2) is 0 Å². The monoisotopic (exact) mass is 464 g/mol. The Morgan fingerprint density at radius 2 is 1.97 bits per heavy atom. The zero-order chi connectivity index (χ0) is 26.6. The molecule has 2 aliphatic heterocycles. The normalized spacial score (nSPS) is 25.2. The molecule has 0 aliphatic carbocycles. The van der Waals surface area contributed by atoms with Crippen molar-refractivity contribution >= 4 is 35.1 Å². The van der Waals surface area contributed by atoms with E-state index in [9.17, 15) is 28.0 Å². The van der Waals surface area contributed by atoms with E-state index in [4.69, 9.17) is 17.1 Å². The van der Waals surface area contributed by atoms with Crippen molar-refractivity contribution in [1.82, 2.24) is 10.2 Å². The number of piperidine rings is 1. The Morgan fingerprint density at radius 1 is 1.25 bits per heavy atom. The minimum Gasteiger partial charge on any atom is -0.322 e. The van der Waals surface area contributed by atoms with Gasteiger partial charge in [-0.2, -0.15) is 8.78 Å². The van der Waals surface area contributed by atoms with Crippen LogP contribution in [-0.2, 0) is 33.2 Å². The number of carbonyl (C=O) groups is 4. The fourth-order valence-corrected chi connectivity index (χ4v) is 3.65. The van der Waals surface area contributed by atoms with Crippen LogP contribution in [0.2, 0.25) is 5.02 Å². The van der Waals surface area contributed by atoms with Gasteiger partial charge in [0.1, 0.15) is 6.02 Å². The van der Waals surface area contributed by atoms with E-state index in [1.807, 2.05) is 0 Å². The summed E-state index contributed by atoms with van der Waals surface area (Å²) >= 11 is 5.70. The van der Waals surface area contributed by atoms with Crippen LogP contribution in [0, 0.1) is 0 Å². The number of Topliss-reactive ketones (excluding diaryl/α,β-unsaturated/α-hetero) is 1. The Kier molecular flexibility index (Phi) is 4.59. The smallest absolute Gasteiger partial charge is 0.322 e. The number of aryl methyl sites for hydroxylation is 1. The van der Waals surface area contributed by atoms with Crippen LogP contribution in [0.5, 0.6) is 0 Å². The average molecular weight is 465 g/mol. The standard InChI is InChI=1S/C23H19ClF2N2O4/c24-16-5-3-15(4-6-16)23(25,26)19(29)9-2-13-1-7-17-14(11-13)12-28(22(17)32)18-8-10-20(30)27-21(18)31/h1,3-7,11,18H,2,8-10,12H2,(H,27,30,31)/t18-/m0/s1/i2D,10D2,18D/t2?,18-. The van der Waals surface area contributed by atoms with Gasteiger partial charge in [-0.15, -0.1) is 0 Å². The number of amides is 3. The zero-order valence-electron chi connectivity index (χ0n) is 20.5. The van der Waals surface area contributed by atoms with E-state index in [1.54, 1.807) is 5.32 Å². The minimum absolute atomic E-state index is 0.0839. The summed E-state index contributed by atoms with van der Waals surface area (Å²) in [6.45, 7) is -0.301. The Labute approximate surface area is 193 Å². The summed E-state index contributed by atoms with van der Waals surface area (Å²) in [4.78, 5) is 50.2. The molecule has 1 unspecified atom stereocenters. The molecule has 2 aromatic carbocycles. The van der Waals surface area contributed by atoms with Crippen LogP contribution in [0.25, 0.3) is 0 Å². The Balaban J connectivity index is 1.53. The second-order valence-corrected chi connectivity index (χ2v) is 7.74. The summed E-state index contributed by atoms with van der Waals surface area (Å²) in [6, 6.07) is 6.12. The van der Waals surface area contributed by atoms with Crippen LogP contribution >= 0.6 is 11.6 Å². The maximum absolute atomic E-state index is 14.6. The van der Waals surface area contributed by atoms with Crippen molar-refractivity contribution in [2.45, 2.75) is 44.1 Å². The molecule has 4 rings (SSSR count). The molecule has 166 valence electrons. The third-order valence-corrected chi connectivity index (χ3v) is 5.50. The molecule has 0 spiro atoms. The number of rotatable bonds is 6. The van der Waals surface area contributed by atoms with Gasteiger partial charge in [-0.3, -0.25) is 24.5 Å². The van der Waals surface area contributed by atoms with Gasteiger partial charge in [-0.1, -0.05) is 35.9 Å². The molecule has 0 bridgehead atoms. The molecule has 9 heteroatoms. The van der Waals surface area contributed by atoms with Gasteiger partial charge >= 0.3 is 5.92 Å². The van der Waals surface area contributed by atoms with Crippen molar-refractivity contribution < 1.29 is 33.4 Å². The molecular weight excluding hydrogens is 442 g/mol. The molecule has 0 radical (unpaired) electrons. The van der Waals surface area contributed by atoms with Gasteiger partial charge < -0.3 is 4.90 Å². The summed E-state index contributed by atoms with van der Waals surface area (Å²) in [5.74, 6) is -8.40. The lowest BCUT2D eigenvalue weighted by Gasteiger charge is -2.29. The topological polar surface area (TPSA) is 83.6 Å². The third-order valence-electron chi connectivity index (χ3n) is 5.24. The van der Waals surface area contributed by atoms with E-state index in [0.29, 0.717) is 0 Å². The fraction of sp³-hybridized carbons (Fsp3) is 0.304. The minimum atomic E-state index is -3.84. The van der Waals surface area contributed by atoms with Crippen LogP contribution in [0.1, 0.15) is 51.7 Å². The highest BCUT2D eigenvalue weighted by Crippen LogP contribution is 2.32. The highest BCUT2D eigenvalue weighted by Gasteiger charge is 2.41. The van der Waals surface area contributed by atoms with Crippen molar-refractivity contribution in [2.24, 2.45) is 0 Å². The molecule has 2 aliphatic rings. The first-order chi connectivity index (χ1) is 16.7. The first kappa shape index (κ1) is 17.4. The maximum Gasteiger partial charge on any atom is 0.330 e. The third kappa shape index (κ3) is 4.14. The Hall–Kier alpha value is -3.13. The summed E-state index contributed by atoms with van der Waals surface area (Å²) in [5, 5.41) is 2.01. The molecule has 0 aromatic heterocycles. The number of nitrogens with zero attached hydrogens (tertiary/aromatic N) is 1. The van der Waals surface area contributed by atoms with Gasteiger partial charge in [0, 0.05) is 39.6 Å². The molecule has 6 nitrogen and oxygen atoms in total. The molecule has 1 fully saturated rings. The number of ketones is 1.